The summed E-state index contributed by atoms with van der Waals surface area (Å²) < 4.78 is 23.3. The highest BCUT2D eigenvalue weighted by Gasteiger charge is 2.27. The summed E-state index contributed by atoms with van der Waals surface area (Å²) >= 11 is 0. The molecule has 1 saturated heterocycles. The average Bonchev–Trinajstić information content (AvgIpc) is 2.62. The first-order chi connectivity index (χ1) is 6.61. The second kappa shape index (κ2) is 3.57. The average molecular weight is 215 g/mol. The van der Waals surface area contributed by atoms with Crippen LogP contribution in [-0.2, 0) is 9.84 Å². The number of allylic oxidation sites excluding steroid dienone is 2. The smallest absolute Gasteiger partial charge is 0.176 e. The minimum Gasteiger partial charge on any atom is -0.374 e. The zero-order valence-corrected chi connectivity index (χ0v) is 9.44. The van der Waals surface area contributed by atoms with Crippen LogP contribution in [0.4, 0.5) is 0 Å². The predicted octanol–water partition coefficient (Wildman–Crippen LogP) is 1.52. The molecule has 0 aliphatic carbocycles. The molecule has 0 atom stereocenters. The molecule has 0 amide bonds. The third-order valence-electron chi connectivity index (χ3n) is 3.19. The van der Waals surface area contributed by atoms with Gasteiger partial charge in [-0.3, -0.25) is 0 Å². The molecule has 0 aromatic heterocycles. The summed E-state index contributed by atoms with van der Waals surface area (Å²) in [5.41, 5.74) is 1.09. The van der Waals surface area contributed by atoms with E-state index in [2.05, 4.69) is 4.90 Å². The van der Waals surface area contributed by atoms with E-state index in [4.69, 9.17) is 0 Å². The summed E-state index contributed by atoms with van der Waals surface area (Å²) in [6, 6.07) is 0. The molecular formula is C10H17NO2S. The molecule has 14 heavy (non-hydrogen) atoms. The van der Waals surface area contributed by atoms with E-state index in [1.165, 1.54) is 12.8 Å². The van der Waals surface area contributed by atoms with Crippen molar-refractivity contribution in [3.8, 4) is 0 Å². The third kappa shape index (κ3) is 1.67. The number of hydrogen-bond donors (Lipinski definition) is 0. The maximum absolute atomic E-state index is 11.7. The number of hydrogen-bond acceptors (Lipinski definition) is 3. The lowest BCUT2D eigenvalue weighted by Crippen LogP contribution is -2.26. The van der Waals surface area contributed by atoms with Gasteiger partial charge < -0.3 is 4.90 Å². The zero-order valence-electron chi connectivity index (χ0n) is 8.62. The van der Waals surface area contributed by atoms with E-state index in [0.717, 1.165) is 31.6 Å². The Hall–Kier alpha value is -0.510. The Labute approximate surface area is 85.7 Å². The quantitative estimate of drug-likeness (QED) is 0.665. The van der Waals surface area contributed by atoms with Crippen LogP contribution in [0.25, 0.3) is 0 Å². The number of rotatable bonds is 1. The molecule has 1 fully saturated rings. The van der Waals surface area contributed by atoms with Crippen molar-refractivity contribution in [1.82, 2.24) is 4.90 Å². The van der Waals surface area contributed by atoms with Gasteiger partial charge >= 0.3 is 0 Å². The van der Waals surface area contributed by atoms with E-state index in [1.807, 2.05) is 0 Å². The molecule has 0 saturated carbocycles. The van der Waals surface area contributed by atoms with Gasteiger partial charge in [0.2, 0.25) is 0 Å². The van der Waals surface area contributed by atoms with Crippen molar-refractivity contribution >= 4 is 9.84 Å². The Kier molecular flexibility index (Phi) is 2.56. The van der Waals surface area contributed by atoms with Crippen molar-refractivity contribution in [2.75, 3.05) is 18.8 Å². The van der Waals surface area contributed by atoms with Crippen LogP contribution in [-0.4, -0.2) is 32.2 Å². The summed E-state index contributed by atoms with van der Waals surface area (Å²) in [5, 5.41) is 0. The molecule has 3 nitrogen and oxygen atoms in total. The highest BCUT2D eigenvalue weighted by Crippen LogP contribution is 2.29. The summed E-state index contributed by atoms with van der Waals surface area (Å²) in [4.78, 5) is 2.89. The lowest BCUT2D eigenvalue weighted by Gasteiger charge is -2.27. The molecule has 2 aliphatic rings. The molecule has 2 heterocycles. The molecule has 0 spiro atoms. The Morgan fingerprint density at radius 1 is 1.14 bits per heavy atom. The maximum Gasteiger partial charge on any atom is 0.176 e. The monoisotopic (exact) mass is 215 g/mol. The highest BCUT2D eigenvalue weighted by atomic mass is 32.2. The fourth-order valence-electron chi connectivity index (χ4n) is 2.31. The van der Waals surface area contributed by atoms with Gasteiger partial charge in [0.05, 0.1) is 10.7 Å². The minimum absolute atomic E-state index is 0.343. The van der Waals surface area contributed by atoms with E-state index in [0.29, 0.717) is 10.7 Å². The first-order valence-electron chi connectivity index (χ1n) is 5.29. The highest BCUT2D eigenvalue weighted by molar-refractivity contribution is 7.95. The lowest BCUT2D eigenvalue weighted by atomic mass is 10.2. The van der Waals surface area contributed by atoms with Gasteiger partial charge in [-0.05, 0) is 32.6 Å². The first kappa shape index (κ1) is 10.0. The van der Waals surface area contributed by atoms with E-state index in [9.17, 15) is 8.42 Å². The van der Waals surface area contributed by atoms with Crippen LogP contribution >= 0.6 is 0 Å². The van der Waals surface area contributed by atoms with E-state index < -0.39 is 9.84 Å². The normalized spacial score (nSPS) is 27.1. The van der Waals surface area contributed by atoms with Gasteiger partial charge in [-0.2, -0.15) is 0 Å². The maximum atomic E-state index is 11.7. The summed E-state index contributed by atoms with van der Waals surface area (Å²) in [6.07, 6.45) is 4.16. The fourth-order valence-corrected chi connectivity index (χ4v) is 3.73. The first-order valence-corrected chi connectivity index (χ1v) is 6.94. The van der Waals surface area contributed by atoms with Crippen molar-refractivity contribution < 1.29 is 8.42 Å². The molecule has 0 radical (unpaired) electrons. The lowest BCUT2D eigenvalue weighted by molar-refractivity contribution is 0.401. The second-order valence-electron chi connectivity index (χ2n) is 4.12. The summed E-state index contributed by atoms with van der Waals surface area (Å²) in [7, 11) is -2.91. The minimum atomic E-state index is -2.91. The van der Waals surface area contributed by atoms with Crippen molar-refractivity contribution in [3.05, 3.63) is 10.6 Å². The Balaban J connectivity index is 2.32. The van der Waals surface area contributed by atoms with Crippen LogP contribution in [0, 0.1) is 0 Å². The number of likely N-dealkylation sites (tertiary alicyclic amines) is 1. The Bertz CT molecular complexity index is 350. The van der Waals surface area contributed by atoms with Gasteiger partial charge in [-0.15, -0.1) is 0 Å². The van der Waals surface area contributed by atoms with Crippen LogP contribution in [0.1, 0.15) is 32.6 Å². The Morgan fingerprint density at radius 2 is 1.79 bits per heavy atom. The number of sulfone groups is 1. The molecule has 2 aliphatic heterocycles. The van der Waals surface area contributed by atoms with Crippen molar-refractivity contribution in [2.45, 2.75) is 32.6 Å². The second-order valence-corrected chi connectivity index (χ2v) is 6.37. The third-order valence-corrected chi connectivity index (χ3v) is 5.18. The molecule has 4 heteroatoms. The van der Waals surface area contributed by atoms with Crippen LogP contribution in [0.5, 0.6) is 0 Å². The molecule has 0 unspecified atom stereocenters. The molecule has 80 valence electrons. The number of nitrogens with zero attached hydrogens (tertiary/aromatic N) is 1. The van der Waals surface area contributed by atoms with E-state index >= 15 is 0 Å². The topological polar surface area (TPSA) is 37.4 Å². The van der Waals surface area contributed by atoms with Crippen molar-refractivity contribution in [3.63, 3.8) is 0 Å². The van der Waals surface area contributed by atoms with Gasteiger partial charge in [0, 0.05) is 18.8 Å². The van der Waals surface area contributed by atoms with Crippen LogP contribution < -0.4 is 0 Å². The SMILES string of the molecule is CC1=C(N2CCCC2)CCCS1(=O)=O. The standard InChI is InChI=1S/C10H17NO2S/c1-9-10(11-6-2-3-7-11)5-4-8-14(9,12)13/h2-8H2,1H3. The molecule has 2 rings (SSSR count). The van der Waals surface area contributed by atoms with Crippen molar-refractivity contribution in [2.24, 2.45) is 0 Å². The molecular weight excluding hydrogens is 198 g/mol. The van der Waals surface area contributed by atoms with Crippen LogP contribution in [0.2, 0.25) is 0 Å². The molecule has 0 aromatic rings. The van der Waals surface area contributed by atoms with Gasteiger partial charge in [0.25, 0.3) is 0 Å². The van der Waals surface area contributed by atoms with Gasteiger partial charge in [0.1, 0.15) is 0 Å². The summed E-state index contributed by atoms with van der Waals surface area (Å²) in [5.74, 6) is 0.343. The summed E-state index contributed by atoms with van der Waals surface area (Å²) in [6.45, 7) is 3.85. The van der Waals surface area contributed by atoms with E-state index in [1.54, 1.807) is 6.92 Å². The fraction of sp³-hybridized carbons (Fsp3) is 0.800. The van der Waals surface area contributed by atoms with Gasteiger partial charge in [-0.1, -0.05) is 0 Å². The van der Waals surface area contributed by atoms with Crippen LogP contribution in [0.15, 0.2) is 10.6 Å². The Morgan fingerprint density at radius 3 is 2.43 bits per heavy atom. The molecule has 0 N–H and O–H groups in total. The van der Waals surface area contributed by atoms with Gasteiger partial charge in [-0.25, -0.2) is 8.42 Å². The molecule has 0 aromatic carbocycles. The van der Waals surface area contributed by atoms with Crippen molar-refractivity contribution in [1.29, 1.82) is 0 Å². The van der Waals surface area contributed by atoms with E-state index in [-0.39, 0.29) is 0 Å². The zero-order chi connectivity index (χ0) is 10.2. The van der Waals surface area contributed by atoms with Crippen LogP contribution in [0.3, 0.4) is 0 Å². The van der Waals surface area contributed by atoms with Gasteiger partial charge in [0.15, 0.2) is 9.84 Å². The largest absolute Gasteiger partial charge is 0.374 e. The molecule has 0 bridgehead atoms. The predicted molar refractivity (Wildman–Crippen MR) is 56.5 cm³/mol.